The van der Waals surface area contributed by atoms with Crippen LogP contribution in [-0.4, -0.2) is 39.8 Å². The van der Waals surface area contributed by atoms with Gasteiger partial charge in [0, 0.05) is 25.6 Å². The summed E-state index contributed by atoms with van der Waals surface area (Å²) in [6.45, 7) is 2.29. The molecular formula is C21H22F2N8S2. The molecule has 0 radical (unpaired) electrons. The van der Waals surface area contributed by atoms with Gasteiger partial charge in [0.25, 0.3) is 0 Å². The highest BCUT2D eigenvalue weighted by molar-refractivity contribution is 8.15. The summed E-state index contributed by atoms with van der Waals surface area (Å²) >= 11 is 2.70. The van der Waals surface area contributed by atoms with Crippen molar-refractivity contribution in [2.75, 3.05) is 18.6 Å². The molecule has 33 heavy (non-hydrogen) atoms. The molecule has 4 N–H and O–H groups in total. The van der Waals surface area contributed by atoms with Gasteiger partial charge in [-0.05, 0) is 30.7 Å². The van der Waals surface area contributed by atoms with E-state index in [9.17, 15) is 8.78 Å². The van der Waals surface area contributed by atoms with E-state index in [1.54, 1.807) is 17.1 Å². The number of aromatic nitrogens is 2. The molecule has 3 aromatic rings. The predicted molar refractivity (Wildman–Crippen MR) is 129 cm³/mol. The van der Waals surface area contributed by atoms with Crippen LogP contribution in [0.4, 0.5) is 13.9 Å². The van der Waals surface area contributed by atoms with Gasteiger partial charge in [-0.1, -0.05) is 53.4 Å². The van der Waals surface area contributed by atoms with Crippen LogP contribution in [0.15, 0.2) is 58.7 Å². The lowest BCUT2D eigenvalue weighted by Gasteiger charge is -2.36. The summed E-state index contributed by atoms with van der Waals surface area (Å²) in [6, 6.07) is 13.0. The van der Waals surface area contributed by atoms with Crippen molar-refractivity contribution in [2.24, 2.45) is 21.7 Å². The Morgan fingerprint density at radius 2 is 1.91 bits per heavy atom. The summed E-state index contributed by atoms with van der Waals surface area (Å²) in [7, 11) is 1.76. The number of nitrogens with zero attached hydrogens (tertiary/aromatic N) is 6. The van der Waals surface area contributed by atoms with E-state index < -0.39 is 16.5 Å². The molecule has 8 nitrogen and oxygen atoms in total. The molecule has 0 bridgehead atoms. The normalized spacial score (nSPS) is 17.7. The molecule has 2 aromatic carbocycles. The van der Waals surface area contributed by atoms with E-state index in [0.717, 1.165) is 28.8 Å². The molecule has 1 unspecified atom stereocenters. The largest absolute Gasteiger partial charge is 0.369 e. The van der Waals surface area contributed by atoms with Crippen LogP contribution in [-0.2, 0) is 4.87 Å². The fourth-order valence-corrected chi connectivity index (χ4v) is 5.61. The van der Waals surface area contributed by atoms with Crippen LogP contribution in [0.2, 0.25) is 0 Å². The van der Waals surface area contributed by atoms with E-state index in [1.807, 2.05) is 37.3 Å². The molecule has 12 heteroatoms. The van der Waals surface area contributed by atoms with Gasteiger partial charge in [0.1, 0.15) is 26.6 Å². The van der Waals surface area contributed by atoms with Gasteiger partial charge in [0.05, 0.1) is 0 Å². The zero-order valence-corrected chi connectivity index (χ0v) is 19.6. The topological polar surface area (TPSA) is 109 Å². The molecule has 0 saturated carbocycles. The van der Waals surface area contributed by atoms with Crippen molar-refractivity contribution in [2.45, 2.75) is 18.2 Å². The molecule has 0 spiro atoms. The summed E-state index contributed by atoms with van der Waals surface area (Å²) in [5.74, 6) is -1.16. The van der Waals surface area contributed by atoms with Gasteiger partial charge in [0.2, 0.25) is 11.1 Å². The van der Waals surface area contributed by atoms with Crippen molar-refractivity contribution in [3.05, 3.63) is 76.3 Å². The Labute approximate surface area is 198 Å². The van der Waals surface area contributed by atoms with Crippen LogP contribution in [0.1, 0.15) is 22.6 Å². The lowest BCUT2D eigenvalue weighted by Crippen LogP contribution is -2.40. The van der Waals surface area contributed by atoms with Gasteiger partial charge < -0.3 is 11.5 Å². The Morgan fingerprint density at radius 1 is 1.15 bits per heavy atom. The first kappa shape index (κ1) is 22.9. The van der Waals surface area contributed by atoms with E-state index in [-0.39, 0.29) is 11.5 Å². The smallest absolute Gasteiger partial charge is 0.230 e. The first-order valence-electron chi connectivity index (χ1n) is 9.98. The van der Waals surface area contributed by atoms with E-state index >= 15 is 0 Å². The fraction of sp³-hybridized carbons (Fsp3) is 0.238. The lowest BCUT2D eigenvalue weighted by atomic mass is 10.0. The summed E-state index contributed by atoms with van der Waals surface area (Å²) < 4.78 is 28.7. The van der Waals surface area contributed by atoms with Crippen molar-refractivity contribution in [1.82, 2.24) is 15.2 Å². The minimum absolute atomic E-state index is 0.0549. The molecule has 0 amide bonds. The number of halogens is 2. The third-order valence-corrected chi connectivity index (χ3v) is 7.20. The van der Waals surface area contributed by atoms with Crippen LogP contribution in [0, 0.1) is 18.6 Å². The third-order valence-electron chi connectivity index (χ3n) is 4.94. The average molecular weight is 489 g/mol. The fourth-order valence-electron chi connectivity index (χ4n) is 3.48. The molecule has 1 aliphatic heterocycles. The van der Waals surface area contributed by atoms with Crippen LogP contribution in [0.5, 0.6) is 0 Å². The second kappa shape index (κ2) is 9.32. The van der Waals surface area contributed by atoms with Crippen LogP contribution in [0.25, 0.3) is 0 Å². The van der Waals surface area contributed by atoms with E-state index in [1.165, 1.54) is 23.1 Å². The number of anilines is 1. The number of thioether (sulfide) groups is 1. The lowest BCUT2D eigenvalue weighted by molar-refractivity contribution is 0.323. The van der Waals surface area contributed by atoms with Gasteiger partial charge in [-0.2, -0.15) is 5.10 Å². The maximum atomic E-state index is 14.7. The first-order valence-corrected chi connectivity index (χ1v) is 11.6. The molecule has 0 saturated heterocycles. The van der Waals surface area contributed by atoms with Gasteiger partial charge in [-0.15, -0.1) is 15.3 Å². The number of hydrogen-bond donors (Lipinski definition) is 2. The van der Waals surface area contributed by atoms with Crippen molar-refractivity contribution >= 4 is 39.2 Å². The van der Waals surface area contributed by atoms with Crippen LogP contribution >= 0.6 is 23.1 Å². The number of benzene rings is 2. The molecule has 1 aliphatic rings. The van der Waals surface area contributed by atoms with E-state index in [2.05, 4.69) is 15.3 Å². The van der Waals surface area contributed by atoms with E-state index in [4.69, 9.17) is 16.6 Å². The molecule has 0 aliphatic carbocycles. The maximum absolute atomic E-state index is 14.7. The second-order valence-electron chi connectivity index (χ2n) is 7.35. The molecular weight excluding hydrogens is 466 g/mol. The minimum atomic E-state index is -0.825. The molecule has 2 heterocycles. The predicted octanol–water partition coefficient (Wildman–Crippen LogP) is 3.40. The number of guanidine groups is 1. The third kappa shape index (κ3) is 4.76. The highest BCUT2D eigenvalue weighted by atomic mass is 32.2. The Kier molecular flexibility index (Phi) is 6.47. The monoisotopic (exact) mass is 488 g/mol. The van der Waals surface area contributed by atoms with Crippen molar-refractivity contribution < 1.29 is 8.78 Å². The molecule has 1 aromatic heterocycles. The van der Waals surface area contributed by atoms with Crippen LogP contribution in [0.3, 0.4) is 0 Å². The Hall–Kier alpha value is -3.25. The van der Waals surface area contributed by atoms with Gasteiger partial charge in [0.15, 0.2) is 0 Å². The number of rotatable bonds is 7. The zero-order chi connectivity index (χ0) is 23.6. The molecule has 0 fully saturated rings. The molecule has 1 atom stereocenters. The average Bonchev–Trinajstić information content (AvgIpc) is 3.38. The highest BCUT2D eigenvalue weighted by Crippen LogP contribution is 2.52. The SMILES string of the molecule is Cc1nnc(N2N=C(c3cc(F)ccc3F)SC2(CCN(C)N=C(N)N)c2ccccc2)s1. The van der Waals surface area contributed by atoms with Gasteiger partial charge in [-0.25, -0.2) is 13.8 Å². The van der Waals surface area contributed by atoms with Crippen LogP contribution < -0.4 is 16.5 Å². The second-order valence-corrected chi connectivity index (χ2v) is 9.78. The summed E-state index contributed by atoms with van der Waals surface area (Å²) in [5, 5.41) is 22.2. The number of hydrogen-bond acceptors (Lipinski definition) is 8. The molecule has 4 rings (SSSR count). The summed E-state index contributed by atoms with van der Waals surface area (Å²) in [4.78, 5) is -0.825. The van der Waals surface area contributed by atoms with E-state index in [0.29, 0.717) is 23.1 Å². The number of aryl methyl sites for hydroxylation is 1. The Balaban J connectivity index is 1.84. The van der Waals surface area contributed by atoms with Crippen molar-refractivity contribution in [3.8, 4) is 0 Å². The van der Waals surface area contributed by atoms with Gasteiger partial charge in [-0.3, -0.25) is 5.01 Å². The highest BCUT2D eigenvalue weighted by Gasteiger charge is 2.48. The number of nitrogens with two attached hydrogens (primary N) is 2. The Bertz CT molecular complexity index is 1200. The molecule has 172 valence electrons. The summed E-state index contributed by atoms with van der Waals surface area (Å²) in [5.41, 5.74) is 12.0. The number of hydrazone groups is 2. The quantitative estimate of drug-likeness (QED) is 0.298. The zero-order valence-electron chi connectivity index (χ0n) is 17.9. The Morgan fingerprint density at radius 3 is 2.58 bits per heavy atom. The first-order chi connectivity index (χ1) is 15.8. The van der Waals surface area contributed by atoms with Crippen molar-refractivity contribution in [3.63, 3.8) is 0 Å². The van der Waals surface area contributed by atoms with Crippen molar-refractivity contribution in [1.29, 1.82) is 0 Å². The summed E-state index contributed by atoms with van der Waals surface area (Å²) in [6.07, 6.45) is 0.484. The maximum Gasteiger partial charge on any atom is 0.230 e. The van der Waals surface area contributed by atoms with Gasteiger partial charge >= 0.3 is 0 Å². The standard InChI is InChI=1S/C21H22F2N8S2/c1-13-26-27-20(32-13)31-21(14-6-4-3-5-7-14,10-11-30(2)29-19(24)25)33-18(28-31)16-12-15(22)8-9-17(16)23/h3-9,12H,10-11H2,1-2H3,(H4,24,25,29). The minimum Gasteiger partial charge on any atom is -0.369 e.